The standard InChI is InChI=1S/C24H29N5O/c1-3-5-13-29(4-2)24(30)21-8-6-7-20(27-21)19-14-18-15-22(28-23(18)26-16-19)17-9-11-25-12-10-17/h6-9,14-16,25H,3-5,10-13H2,1-2H3,(H,26,28). The fourth-order valence-corrected chi connectivity index (χ4v) is 3.82. The molecule has 0 aliphatic carbocycles. The summed E-state index contributed by atoms with van der Waals surface area (Å²) in [4.78, 5) is 27.4. The number of unbranched alkanes of at least 4 members (excludes halogenated alkanes) is 1. The summed E-state index contributed by atoms with van der Waals surface area (Å²) in [6, 6.07) is 9.88. The molecule has 0 saturated carbocycles. The SMILES string of the molecule is CCCCN(CC)C(=O)c1cccc(-c2cnc3[nH]c(C4=CCNCC4)cc3c2)n1. The van der Waals surface area contributed by atoms with Crippen molar-refractivity contribution in [3.63, 3.8) is 0 Å². The zero-order valence-electron chi connectivity index (χ0n) is 17.7. The number of nitrogens with zero attached hydrogens (tertiary/aromatic N) is 3. The highest BCUT2D eigenvalue weighted by atomic mass is 16.2. The van der Waals surface area contributed by atoms with Crippen molar-refractivity contribution in [3.05, 3.63) is 54.0 Å². The highest BCUT2D eigenvalue weighted by Gasteiger charge is 2.16. The second-order valence-electron chi connectivity index (χ2n) is 7.67. The van der Waals surface area contributed by atoms with Gasteiger partial charge in [0, 0.05) is 42.5 Å². The molecule has 2 N–H and O–H groups in total. The van der Waals surface area contributed by atoms with Gasteiger partial charge >= 0.3 is 0 Å². The van der Waals surface area contributed by atoms with Gasteiger partial charge in [-0.2, -0.15) is 0 Å². The number of H-pyrrole nitrogens is 1. The fraction of sp³-hybridized carbons (Fsp3) is 0.375. The Balaban J connectivity index is 1.61. The molecule has 0 bridgehead atoms. The summed E-state index contributed by atoms with van der Waals surface area (Å²) in [5.41, 5.74) is 5.50. The van der Waals surface area contributed by atoms with E-state index in [1.807, 2.05) is 30.2 Å². The minimum atomic E-state index is -0.0105. The van der Waals surface area contributed by atoms with E-state index >= 15 is 0 Å². The molecule has 1 amide bonds. The van der Waals surface area contributed by atoms with E-state index in [1.165, 1.54) is 5.57 Å². The average Bonchev–Trinajstić information content (AvgIpc) is 3.23. The second kappa shape index (κ2) is 9.22. The van der Waals surface area contributed by atoms with Crippen LogP contribution in [0.25, 0.3) is 27.9 Å². The normalized spacial score (nSPS) is 14.0. The van der Waals surface area contributed by atoms with Gasteiger partial charge in [0.1, 0.15) is 11.3 Å². The first-order chi connectivity index (χ1) is 14.7. The maximum Gasteiger partial charge on any atom is 0.272 e. The molecule has 0 saturated heterocycles. The largest absolute Gasteiger partial charge is 0.339 e. The molecule has 6 nitrogen and oxygen atoms in total. The van der Waals surface area contributed by atoms with Crippen LogP contribution in [-0.4, -0.2) is 51.9 Å². The lowest BCUT2D eigenvalue weighted by Crippen LogP contribution is -2.32. The Morgan fingerprint density at radius 1 is 1.23 bits per heavy atom. The zero-order chi connectivity index (χ0) is 20.9. The number of pyridine rings is 2. The monoisotopic (exact) mass is 403 g/mol. The predicted molar refractivity (Wildman–Crippen MR) is 121 cm³/mol. The molecular weight excluding hydrogens is 374 g/mol. The third-order valence-corrected chi connectivity index (χ3v) is 5.59. The number of aromatic nitrogens is 3. The summed E-state index contributed by atoms with van der Waals surface area (Å²) < 4.78 is 0. The van der Waals surface area contributed by atoms with Crippen LogP contribution < -0.4 is 5.32 Å². The smallest absolute Gasteiger partial charge is 0.272 e. The molecule has 3 aromatic rings. The molecule has 0 atom stereocenters. The summed E-state index contributed by atoms with van der Waals surface area (Å²) >= 11 is 0. The molecule has 6 heteroatoms. The van der Waals surface area contributed by atoms with Gasteiger partial charge in [0.05, 0.1) is 5.69 Å². The third kappa shape index (κ3) is 4.28. The topological polar surface area (TPSA) is 73.9 Å². The quantitative estimate of drug-likeness (QED) is 0.618. The number of nitrogens with one attached hydrogen (secondary N) is 2. The van der Waals surface area contributed by atoms with Gasteiger partial charge in [-0.05, 0) is 56.1 Å². The number of carbonyl (C=O) groups is 1. The van der Waals surface area contributed by atoms with Crippen molar-refractivity contribution in [2.75, 3.05) is 26.2 Å². The maximum absolute atomic E-state index is 12.9. The molecule has 0 fully saturated rings. The summed E-state index contributed by atoms with van der Waals surface area (Å²) in [6.45, 7) is 7.50. The number of rotatable bonds is 7. The number of hydrogen-bond donors (Lipinski definition) is 2. The van der Waals surface area contributed by atoms with E-state index in [0.717, 1.165) is 66.9 Å². The molecule has 4 heterocycles. The van der Waals surface area contributed by atoms with E-state index in [0.29, 0.717) is 12.2 Å². The maximum atomic E-state index is 12.9. The van der Waals surface area contributed by atoms with Crippen LogP contribution in [0.5, 0.6) is 0 Å². The summed E-state index contributed by atoms with van der Waals surface area (Å²) in [7, 11) is 0. The third-order valence-electron chi connectivity index (χ3n) is 5.59. The number of amides is 1. The van der Waals surface area contributed by atoms with Crippen LogP contribution in [0.1, 0.15) is 49.3 Å². The Labute approximate surface area is 177 Å². The Bertz CT molecular complexity index is 1070. The highest BCUT2D eigenvalue weighted by molar-refractivity contribution is 5.93. The van der Waals surface area contributed by atoms with Crippen molar-refractivity contribution < 1.29 is 4.79 Å². The lowest BCUT2D eigenvalue weighted by atomic mass is 10.1. The van der Waals surface area contributed by atoms with Gasteiger partial charge in [-0.25, -0.2) is 9.97 Å². The van der Waals surface area contributed by atoms with E-state index in [4.69, 9.17) is 0 Å². The summed E-state index contributed by atoms with van der Waals surface area (Å²) in [5, 5.41) is 4.40. The van der Waals surface area contributed by atoms with Crippen LogP contribution in [0, 0.1) is 0 Å². The van der Waals surface area contributed by atoms with E-state index in [9.17, 15) is 4.79 Å². The minimum absolute atomic E-state index is 0.0105. The molecule has 0 spiro atoms. The molecule has 156 valence electrons. The number of fused-ring (bicyclic) bond motifs is 1. The van der Waals surface area contributed by atoms with Crippen molar-refractivity contribution in [1.29, 1.82) is 0 Å². The first-order valence-corrected chi connectivity index (χ1v) is 10.8. The fourth-order valence-electron chi connectivity index (χ4n) is 3.82. The number of carbonyl (C=O) groups excluding carboxylic acids is 1. The first-order valence-electron chi connectivity index (χ1n) is 10.8. The van der Waals surface area contributed by atoms with Crippen LogP contribution >= 0.6 is 0 Å². The van der Waals surface area contributed by atoms with Crippen LogP contribution in [-0.2, 0) is 0 Å². The molecule has 1 aliphatic rings. The van der Waals surface area contributed by atoms with Crippen molar-refractivity contribution in [2.45, 2.75) is 33.1 Å². The van der Waals surface area contributed by atoms with Crippen LogP contribution in [0.15, 0.2) is 42.6 Å². The van der Waals surface area contributed by atoms with Crippen LogP contribution in [0.3, 0.4) is 0 Å². The molecule has 0 radical (unpaired) electrons. The van der Waals surface area contributed by atoms with E-state index in [2.05, 4.69) is 45.4 Å². The summed E-state index contributed by atoms with van der Waals surface area (Å²) in [5.74, 6) is -0.0105. The predicted octanol–water partition coefficient (Wildman–Crippen LogP) is 4.26. The lowest BCUT2D eigenvalue weighted by molar-refractivity contribution is 0.0756. The van der Waals surface area contributed by atoms with Crippen molar-refractivity contribution in [2.24, 2.45) is 0 Å². The first kappa shape index (κ1) is 20.3. The molecule has 3 aromatic heterocycles. The van der Waals surface area contributed by atoms with Crippen LogP contribution in [0.2, 0.25) is 0 Å². The highest BCUT2D eigenvalue weighted by Crippen LogP contribution is 2.26. The second-order valence-corrected chi connectivity index (χ2v) is 7.67. The van der Waals surface area contributed by atoms with Crippen LogP contribution in [0.4, 0.5) is 0 Å². The molecular formula is C24H29N5O. The van der Waals surface area contributed by atoms with Gasteiger partial charge in [0.15, 0.2) is 0 Å². The zero-order valence-corrected chi connectivity index (χ0v) is 17.7. The average molecular weight is 404 g/mol. The van der Waals surface area contributed by atoms with Gasteiger partial charge in [0.25, 0.3) is 5.91 Å². The lowest BCUT2D eigenvalue weighted by Gasteiger charge is -2.20. The Kier molecular flexibility index (Phi) is 6.23. The van der Waals surface area contributed by atoms with Crippen molar-refractivity contribution in [1.82, 2.24) is 25.2 Å². The van der Waals surface area contributed by atoms with Gasteiger partial charge in [-0.15, -0.1) is 0 Å². The molecule has 0 unspecified atom stereocenters. The van der Waals surface area contributed by atoms with Gasteiger partial charge in [-0.3, -0.25) is 4.79 Å². The number of hydrogen-bond acceptors (Lipinski definition) is 4. The van der Waals surface area contributed by atoms with Crippen molar-refractivity contribution in [3.8, 4) is 11.3 Å². The van der Waals surface area contributed by atoms with E-state index in [-0.39, 0.29) is 5.91 Å². The molecule has 0 aromatic carbocycles. The van der Waals surface area contributed by atoms with Crippen molar-refractivity contribution >= 4 is 22.5 Å². The Morgan fingerprint density at radius 2 is 2.13 bits per heavy atom. The molecule has 30 heavy (non-hydrogen) atoms. The number of aromatic amines is 1. The summed E-state index contributed by atoms with van der Waals surface area (Å²) in [6.07, 6.45) is 7.13. The molecule has 1 aliphatic heterocycles. The van der Waals surface area contributed by atoms with E-state index < -0.39 is 0 Å². The Hall–Kier alpha value is -2.99. The Morgan fingerprint density at radius 3 is 2.90 bits per heavy atom. The van der Waals surface area contributed by atoms with Gasteiger partial charge in [0.2, 0.25) is 0 Å². The van der Waals surface area contributed by atoms with Gasteiger partial charge < -0.3 is 15.2 Å². The van der Waals surface area contributed by atoms with Gasteiger partial charge in [-0.1, -0.05) is 25.5 Å². The van der Waals surface area contributed by atoms with E-state index in [1.54, 1.807) is 6.07 Å². The molecule has 4 rings (SSSR count). The minimum Gasteiger partial charge on any atom is -0.339 e.